The molecule has 1 rings (SSSR count). The molecular weight excluding hydrogens is 270 g/mol. The predicted octanol–water partition coefficient (Wildman–Crippen LogP) is 1.92. The third-order valence-electron chi connectivity index (χ3n) is 3.04. The van der Waals surface area contributed by atoms with Crippen LogP contribution in [-0.2, 0) is 6.54 Å². The monoisotopic (exact) mass is 295 g/mol. The Bertz CT molecular complexity index is 475. The van der Waals surface area contributed by atoms with E-state index < -0.39 is 0 Å². The highest BCUT2D eigenvalue weighted by Crippen LogP contribution is 2.34. The van der Waals surface area contributed by atoms with Gasteiger partial charge in [0.15, 0.2) is 17.5 Å². The topological polar surface area (TPSA) is 78.1 Å². The average Bonchev–Trinajstić information content (AvgIpc) is 2.52. The van der Waals surface area contributed by atoms with Crippen LogP contribution in [0, 0.1) is 0 Å². The molecule has 0 radical (unpaired) electrons. The molecular formula is C15H25N3O3. The molecule has 0 saturated heterocycles. The van der Waals surface area contributed by atoms with Gasteiger partial charge < -0.3 is 25.3 Å². The van der Waals surface area contributed by atoms with Crippen LogP contribution in [0.3, 0.4) is 0 Å². The summed E-state index contributed by atoms with van der Waals surface area (Å²) in [6.07, 6.45) is 2.18. The molecule has 6 heteroatoms. The Morgan fingerprint density at radius 1 is 1.10 bits per heavy atom. The zero-order valence-corrected chi connectivity index (χ0v) is 13.2. The van der Waals surface area contributed by atoms with Crippen LogP contribution >= 0.6 is 0 Å². The first-order valence-corrected chi connectivity index (χ1v) is 6.98. The first kappa shape index (κ1) is 16.9. The number of rotatable bonds is 8. The Morgan fingerprint density at radius 2 is 1.71 bits per heavy atom. The number of nitrogens with two attached hydrogens (primary N) is 1. The number of hydrogen-bond acceptors (Lipinski definition) is 4. The summed E-state index contributed by atoms with van der Waals surface area (Å²) in [6, 6.07) is 3.63. The van der Waals surface area contributed by atoms with Crippen LogP contribution in [0.25, 0.3) is 0 Å². The van der Waals surface area contributed by atoms with E-state index >= 15 is 0 Å². The number of methoxy groups -OCH3 is 3. The molecule has 0 heterocycles. The van der Waals surface area contributed by atoms with Gasteiger partial charge >= 0.3 is 0 Å². The summed E-state index contributed by atoms with van der Waals surface area (Å²) < 4.78 is 15.9. The third kappa shape index (κ3) is 5.06. The average molecular weight is 295 g/mol. The van der Waals surface area contributed by atoms with Crippen LogP contribution in [0.5, 0.6) is 17.2 Å². The standard InChI is InChI=1S/C15H25N3O3/c1-5-6-7-17-15(16)18-10-11-8-13(20-3)14(21-4)9-12(11)19-2/h8-9H,5-7,10H2,1-4H3,(H3,16,17,18). The highest BCUT2D eigenvalue weighted by molar-refractivity contribution is 5.77. The van der Waals surface area contributed by atoms with Gasteiger partial charge in [-0.25, -0.2) is 4.99 Å². The van der Waals surface area contributed by atoms with Crippen molar-refractivity contribution in [1.82, 2.24) is 5.32 Å². The van der Waals surface area contributed by atoms with Crippen molar-refractivity contribution in [2.45, 2.75) is 26.3 Å². The van der Waals surface area contributed by atoms with Crippen molar-refractivity contribution < 1.29 is 14.2 Å². The van der Waals surface area contributed by atoms with Gasteiger partial charge in [-0.3, -0.25) is 0 Å². The van der Waals surface area contributed by atoms with Crippen molar-refractivity contribution in [2.75, 3.05) is 27.9 Å². The SMILES string of the molecule is CCCCNC(N)=NCc1cc(OC)c(OC)cc1OC. The summed E-state index contributed by atoms with van der Waals surface area (Å²) >= 11 is 0. The summed E-state index contributed by atoms with van der Waals surface area (Å²) in [5.41, 5.74) is 6.71. The zero-order chi connectivity index (χ0) is 15.7. The fraction of sp³-hybridized carbons (Fsp3) is 0.533. The van der Waals surface area contributed by atoms with Crippen LogP contribution in [0.2, 0.25) is 0 Å². The summed E-state index contributed by atoms with van der Waals surface area (Å²) in [6.45, 7) is 3.37. The van der Waals surface area contributed by atoms with Crippen LogP contribution in [0.1, 0.15) is 25.3 Å². The maximum Gasteiger partial charge on any atom is 0.188 e. The zero-order valence-electron chi connectivity index (χ0n) is 13.2. The maximum atomic E-state index is 5.82. The van der Waals surface area contributed by atoms with Gasteiger partial charge in [-0.2, -0.15) is 0 Å². The molecule has 0 aliphatic rings. The first-order valence-electron chi connectivity index (χ1n) is 6.98. The number of benzene rings is 1. The molecule has 1 aromatic rings. The molecule has 0 atom stereocenters. The third-order valence-corrected chi connectivity index (χ3v) is 3.04. The van der Waals surface area contributed by atoms with Crippen LogP contribution in [-0.4, -0.2) is 33.8 Å². The van der Waals surface area contributed by atoms with Gasteiger partial charge in [0.25, 0.3) is 0 Å². The Hall–Kier alpha value is -2.11. The highest BCUT2D eigenvalue weighted by atomic mass is 16.5. The Balaban J connectivity index is 2.84. The number of ether oxygens (including phenoxy) is 3. The van der Waals surface area contributed by atoms with E-state index in [1.54, 1.807) is 27.4 Å². The molecule has 0 amide bonds. The lowest BCUT2D eigenvalue weighted by atomic mass is 10.1. The van der Waals surface area contributed by atoms with Gasteiger partial charge in [-0.1, -0.05) is 13.3 Å². The van der Waals surface area contributed by atoms with E-state index in [1.807, 2.05) is 6.07 Å². The lowest BCUT2D eigenvalue weighted by molar-refractivity contribution is 0.347. The van der Waals surface area contributed by atoms with E-state index in [0.29, 0.717) is 29.8 Å². The van der Waals surface area contributed by atoms with Gasteiger partial charge in [-0.15, -0.1) is 0 Å². The number of guanidine groups is 1. The molecule has 0 spiro atoms. The fourth-order valence-electron chi connectivity index (χ4n) is 1.84. The van der Waals surface area contributed by atoms with E-state index in [-0.39, 0.29) is 0 Å². The van der Waals surface area contributed by atoms with Crippen molar-refractivity contribution in [2.24, 2.45) is 10.7 Å². The molecule has 21 heavy (non-hydrogen) atoms. The van der Waals surface area contributed by atoms with Gasteiger partial charge in [0.05, 0.1) is 27.9 Å². The van der Waals surface area contributed by atoms with Gasteiger partial charge in [-0.05, 0) is 12.5 Å². The van der Waals surface area contributed by atoms with Crippen molar-refractivity contribution in [3.8, 4) is 17.2 Å². The van der Waals surface area contributed by atoms with Crippen molar-refractivity contribution in [3.63, 3.8) is 0 Å². The highest BCUT2D eigenvalue weighted by Gasteiger charge is 2.11. The number of nitrogens with one attached hydrogen (secondary N) is 1. The first-order chi connectivity index (χ1) is 10.2. The summed E-state index contributed by atoms with van der Waals surface area (Å²) in [7, 11) is 4.79. The second kappa shape index (κ2) is 8.94. The number of hydrogen-bond donors (Lipinski definition) is 2. The lowest BCUT2D eigenvalue weighted by Crippen LogP contribution is -2.32. The van der Waals surface area contributed by atoms with E-state index in [9.17, 15) is 0 Å². The van der Waals surface area contributed by atoms with E-state index in [4.69, 9.17) is 19.9 Å². The Labute approximate surface area is 126 Å². The minimum atomic E-state index is 0.411. The molecule has 6 nitrogen and oxygen atoms in total. The largest absolute Gasteiger partial charge is 0.496 e. The summed E-state index contributed by atoms with van der Waals surface area (Å²) in [5, 5.41) is 3.07. The van der Waals surface area contributed by atoms with Gasteiger partial charge in [0, 0.05) is 18.2 Å². The fourth-order valence-corrected chi connectivity index (χ4v) is 1.84. The molecule has 0 unspecified atom stereocenters. The van der Waals surface area contributed by atoms with Crippen LogP contribution < -0.4 is 25.3 Å². The molecule has 0 bridgehead atoms. The molecule has 3 N–H and O–H groups in total. The molecule has 1 aromatic carbocycles. The molecule has 0 aliphatic carbocycles. The Kier molecular flexibility index (Phi) is 7.21. The lowest BCUT2D eigenvalue weighted by Gasteiger charge is -2.13. The normalized spacial score (nSPS) is 11.1. The van der Waals surface area contributed by atoms with E-state index in [2.05, 4.69) is 17.2 Å². The van der Waals surface area contributed by atoms with Crippen molar-refractivity contribution in [1.29, 1.82) is 0 Å². The van der Waals surface area contributed by atoms with Crippen LogP contribution in [0.15, 0.2) is 17.1 Å². The van der Waals surface area contributed by atoms with Gasteiger partial charge in [0.1, 0.15) is 5.75 Å². The summed E-state index contributed by atoms with van der Waals surface area (Å²) in [5.74, 6) is 2.38. The second-order valence-corrected chi connectivity index (χ2v) is 4.50. The molecule has 0 aliphatic heterocycles. The van der Waals surface area contributed by atoms with Crippen molar-refractivity contribution >= 4 is 5.96 Å². The smallest absolute Gasteiger partial charge is 0.188 e. The molecule has 0 fully saturated rings. The van der Waals surface area contributed by atoms with Gasteiger partial charge in [0.2, 0.25) is 0 Å². The summed E-state index contributed by atoms with van der Waals surface area (Å²) in [4.78, 5) is 4.31. The minimum Gasteiger partial charge on any atom is -0.496 e. The Morgan fingerprint density at radius 3 is 2.29 bits per heavy atom. The molecule has 118 valence electrons. The number of aliphatic imine (C=N–C) groups is 1. The van der Waals surface area contributed by atoms with E-state index in [0.717, 1.165) is 24.9 Å². The number of unbranched alkanes of at least 4 members (excludes halogenated alkanes) is 1. The predicted molar refractivity (Wildman–Crippen MR) is 84.3 cm³/mol. The minimum absolute atomic E-state index is 0.411. The maximum absolute atomic E-state index is 5.82. The quantitative estimate of drug-likeness (QED) is 0.435. The number of nitrogens with zero attached hydrogens (tertiary/aromatic N) is 1. The molecule has 0 aromatic heterocycles. The van der Waals surface area contributed by atoms with E-state index in [1.165, 1.54) is 0 Å². The molecule has 0 saturated carbocycles. The second-order valence-electron chi connectivity index (χ2n) is 4.50. The van der Waals surface area contributed by atoms with Crippen molar-refractivity contribution in [3.05, 3.63) is 17.7 Å². The van der Waals surface area contributed by atoms with Crippen LogP contribution in [0.4, 0.5) is 0 Å².